The van der Waals surface area contributed by atoms with Crippen molar-refractivity contribution in [2.45, 2.75) is 175 Å². The van der Waals surface area contributed by atoms with Gasteiger partial charge in [0.05, 0.1) is 65.8 Å². The molecule has 16 saturated heterocycles. The van der Waals surface area contributed by atoms with Gasteiger partial charge in [0.1, 0.15) is 109 Å². The summed E-state index contributed by atoms with van der Waals surface area (Å²) in [5, 5.41) is 16.1. The van der Waals surface area contributed by atoms with Gasteiger partial charge in [0.25, 0.3) is 0 Å². The summed E-state index contributed by atoms with van der Waals surface area (Å²) in [6.07, 6.45) is 15.4. The minimum Gasteiger partial charge on any atom is -0.637 e. The zero-order valence-corrected chi connectivity index (χ0v) is 80.0. The number of nitrogens with one attached hydrogen (secondary N) is 7. The fourth-order valence-corrected chi connectivity index (χ4v) is 19.9. The van der Waals surface area contributed by atoms with Crippen LogP contribution in [0.3, 0.4) is 0 Å². The highest BCUT2D eigenvalue weighted by Gasteiger charge is 2.75. The number of Topliss-reactive ketones (excluding diaryl/α,β-unsaturated/α-hetero) is 1. The van der Waals surface area contributed by atoms with Crippen LogP contribution in [-0.4, -0.2) is 178 Å². The largest absolute Gasteiger partial charge is 0.643 e. The number of ketones is 1. The molecule has 8 unspecified atom stereocenters. The summed E-state index contributed by atoms with van der Waals surface area (Å²) in [5.74, 6) is 3.65. The summed E-state index contributed by atoms with van der Waals surface area (Å²) in [7, 11) is 0. The number of allylic oxidation sites excluding steroid dienone is 8. The zero-order valence-electron chi connectivity index (χ0n) is 80.0. The van der Waals surface area contributed by atoms with Crippen molar-refractivity contribution < 1.29 is 161 Å². The van der Waals surface area contributed by atoms with E-state index in [-0.39, 0.29) is 108 Å². The lowest BCUT2D eigenvalue weighted by Gasteiger charge is -2.29. The molecule has 1 aliphatic carbocycles. The van der Waals surface area contributed by atoms with Gasteiger partial charge >= 0.3 is 100 Å². The van der Waals surface area contributed by atoms with Crippen molar-refractivity contribution in [1.82, 2.24) is 32.1 Å². The van der Waals surface area contributed by atoms with Crippen molar-refractivity contribution in [1.29, 1.82) is 0 Å². The molecule has 764 valence electrons. The Balaban J connectivity index is 0.000000141. The van der Waals surface area contributed by atoms with Gasteiger partial charge in [0.15, 0.2) is 5.81 Å². The molecule has 17 aliphatic rings. The highest BCUT2D eigenvalue weighted by molar-refractivity contribution is 7.07. The van der Waals surface area contributed by atoms with Crippen LogP contribution in [0.4, 0.5) is 44.0 Å². The number of hydrogen-bond acceptors (Lipinski definition) is 34. The van der Waals surface area contributed by atoms with Crippen LogP contribution in [0.2, 0.25) is 0 Å². The number of para-hydroxylation sites is 1. The first-order chi connectivity index (χ1) is 69.6. The van der Waals surface area contributed by atoms with E-state index in [1.807, 2.05) is 97.1 Å². The second-order valence-corrected chi connectivity index (χ2v) is 37.4. The number of anilines is 1. The van der Waals surface area contributed by atoms with Crippen LogP contribution in [0, 0.1) is 58.9 Å². The highest BCUT2D eigenvalue weighted by atomic mass is 16.7. The molecule has 42 nitrogen and oxygen atoms in total. The fourth-order valence-electron chi connectivity index (χ4n) is 19.9. The third-order valence-corrected chi connectivity index (χ3v) is 26.5. The summed E-state index contributed by atoms with van der Waals surface area (Å²) in [5.41, 5.74) is 11.1. The second kappa shape index (κ2) is 45.1. The Kier molecular flexibility index (Phi) is 33.1. The smallest absolute Gasteiger partial charge is 0.637 e. The van der Waals surface area contributed by atoms with E-state index in [0.717, 1.165) is 48.2 Å². The van der Waals surface area contributed by atoms with Gasteiger partial charge in [-0.1, -0.05) is 194 Å². The van der Waals surface area contributed by atoms with E-state index in [2.05, 4.69) is 95.9 Å². The number of nitrogens with two attached hydrogens (primary N) is 1. The van der Waals surface area contributed by atoms with Gasteiger partial charge < -0.3 is 150 Å². The first-order valence-corrected chi connectivity index (χ1v) is 47.3. The van der Waals surface area contributed by atoms with E-state index in [9.17, 15) is 81.5 Å². The number of carbonyl (C=O) groups is 17. The number of fused-ring (bicyclic) bond motifs is 8. The standard InChI is InChI=1S/C15H16BNO4.C14H14BNO5.C14H14BNO4.C13H18BNO4.C13H12BNO4.C10H12BNO5.C10H10BNO4.C7H8BNO4.CH4/c1-11-9-13-10-14(18)21-16(13,20-11)15(19)17-8-7-12-5-3-2-4-6-12;1-10-7-12-8-13(17)21-15(12,20-10)14(18)16-19-9-11-5-3-2-4-6-11;1-10-7-12-8-13(17)20-15(12,19-10)14(18)16-9-11-5-3-2-4-6-11;2*1-9-7-10-8-12(16)19-14(10,18-9)13(17)15-11-5-3-2-4-6-11;1-6(13)5-12-10(15)11-8(3-7(2)16-11)4-9(14)17-11;1-3-4-12-10(14)11-8(5-7(2)15-11)6-9(13)16-11;1-4-2-5-3-6(10)13-8(5,12-4)7(9)11;/h2-6H,1,7-10H2,(H,17,19);2-6H,1,7-9H2,(H,16,18);2-6H,1,7-9H2,(H,16,18);11H,1-8H2,(H,15,17);2-6H,1,7-8H2,(H,15,17);2-5H2,1H3,(H,12,15);1H,2,4-6H2,(H,12,14);1-3H2,(H2,9,11);1H4. The molecule has 21 rings (SSSR count). The molecule has 147 heavy (non-hydrogen) atoms. The Labute approximate surface area is 847 Å². The van der Waals surface area contributed by atoms with E-state index in [1.54, 1.807) is 24.3 Å². The van der Waals surface area contributed by atoms with Crippen LogP contribution in [0.1, 0.15) is 166 Å². The van der Waals surface area contributed by atoms with Crippen molar-refractivity contribution in [2.24, 2.45) is 5.73 Å². The Hall–Kier alpha value is -16.6. The van der Waals surface area contributed by atoms with Crippen molar-refractivity contribution in [3.63, 3.8) is 0 Å². The lowest BCUT2D eigenvalue weighted by molar-refractivity contribution is -0.134. The lowest BCUT2D eigenvalue weighted by Crippen LogP contribution is -2.56. The molecule has 4 aromatic carbocycles. The van der Waals surface area contributed by atoms with Gasteiger partial charge in [-0.2, -0.15) is 0 Å². The topological polar surface area (TPSA) is 557 Å². The van der Waals surface area contributed by atoms with Gasteiger partial charge in [-0.3, -0.25) is 53.5 Å². The van der Waals surface area contributed by atoms with E-state index >= 15 is 0 Å². The molecule has 0 bridgehead atoms. The molecule has 0 radical (unpaired) electrons. The summed E-state index contributed by atoms with van der Waals surface area (Å²) < 4.78 is 83.8. The minimum atomic E-state index is -2.46. The predicted molar refractivity (Wildman–Crippen MR) is 532 cm³/mol. The Morgan fingerprint density at radius 1 is 0.354 bits per heavy atom. The SMILES string of the molecule is C.C#CCNC(=O)[B-]12OC(=C)C[C+]1CC(=O)O2.C=C1C[C+]2CC(=O)O[B-]2(C(=O)NC2CCCCC2)O1.C=C1C[C+]2CC(=O)O[B-]2(C(=O)NCC(C)=O)O1.C=C1C[C+]2CC(=O)O[B-]2(C(=O)NCCc2ccccc2)O1.C=C1C[C+]2CC(=O)O[B-]2(C(=O)NCc2ccccc2)O1.C=C1C[C+]2CC(=O)O[B-]2(C(=O)NOCc2ccccc2)O1.C=C1C[C+]2CC(=O)O[B-]2(C(=O)Nc2ccccc2)O1.C=C1C[C+]2CC(=O)O[B-]2(C(N)=O)O1. The molecular formula is C97H108B8N8O34. The quantitative estimate of drug-likeness (QED) is 0.0166. The Bertz CT molecular complexity index is 5740. The number of benzene rings is 4. The maximum atomic E-state index is 12.5. The molecule has 16 aliphatic heterocycles. The first-order valence-electron chi connectivity index (χ1n) is 47.3. The average Bonchev–Trinajstić information content (AvgIpc) is 1.36. The second-order valence-electron chi connectivity index (χ2n) is 37.4. The molecule has 4 aromatic rings. The predicted octanol–water partition coefficient (Wildman–Crippen LogP) is 11.4. The molecule has 50 heteroatoms. The highest BCUT2D eigenvalue weighted by Crippen LogP contribution is 2.52. The monoisotopic (exact) mass is 2020 g/mol. The normalized spacial score (nSPS) is 25.9. The van der Waals surface area contributed by atoms with Gasteiger partial charge in [0.2, 0.25) is 40.6 Å². The van der Waals surface area contributed by atoms with Crippen LogP contribution in [0.25, 0.3) is 0 Å². The van der Waals surface area contributed by atoms with Crippen molar-refractivity contribution in [2.75, 3.05) is 25.0 Å². The van der Waals surface area contributed by atoms with Gasteiger partial charge in [-0.15, -0.1) is 6.42 Å². The summed E-state index contributed by atoms with van der Waals surface area (Å²) in [4.78, 5) is 203. The average molecular weight is 2020 g/mol. The number of primary amides is 1. The van der Waals surface area contributed by atoms with Gasteiger partial charge in [-0.25, -0.2) is 0 Å². The fraction of sp³-hybridized carbons (Fsp3) is 0.309. The maximum absolute atomic E-state index is 12.5. The van der Waals surface area contributed by atoms with Crippen LogP contribution >= 0.6 is 0 Å². The maximum Gasteiger partial charge on any atom is 0.643 e. The number of amides is 8. The summed E-state index contributed by atoms with van der Waals surface area (Å²) in [6.45, 7) is 12.8. The summed E-state index contributed by atoms with van der Waals surface area (Å²) >= 11 is 0. The van der Waals surface area contributed by atoms with Crippen molar-refractivity contribution >= 4 is 158 Å². The van der Waals surface area contributed by atoms with Crippen LogP contribution < -0.4 is 43.1 Å². The molecule has 8 atom stereocenters. The number of rotatable bonds is 21. The Morgan fingerprint density at radius 3 is 0.980 bits per heavy atom. The van der Waals surface area contributed by atoms with Gasteiger partial charge in [-0.05, 0) is 55.0 Å². The lowest BCUT2D eigenvalue weighted by atomic mass is 9.47. The zero-order chi connectivity index (χ0) is 105. The third-order valence-electron chi connectivity index (χ3n) is 26.5. The first kappa shape index (κ1) is 108. The molecule has 16 heterocycles. The third kappa shape index (κ3) is 23.7. The van der Waals surface area contributed by atoms with Crippen molar-refractivity contribution in [3.8, 4) is 12.3 Å². The molecule has 1 saturated carbocycles. The number of hydroxylamine groups is 1. The summed E-state index contributed by atoms with van der Waals surface area (Å²) in [6, 6.07) is 37.9. The Morgan fingerprint density at radius 2 is 0.639 bits per heavy atom. The number of terminal acetylenes is 1. The van der Waals surface area contributed by atoms with E-state index in [1.165, 1.54) is 13.3 Å². The van der Waals surface area contributed by atoms with Gasteiger partial charge in [0, 0.05) is 71.4 Å². The minimum absolute atomic E-state index is 0. The number of carbonyl (C=O) groups excluding carboxylic acids is 17. The molecular weight excluding hydrogens is 1910 g/mol. The molecule has 0 aromatic heterocycles. The van der Waals surface area contributed by atoms with E-state index in [0.29, 0.717) is 163 Å². The van der Waals surface area contributed by atoms with E-state index < -0.39 is 129 Å². The molecule has 0 spiro atoms. The number of hydrogen-bond donors (Lipinski definition) is 8. The van der Waals surface area contributed by atoms with Crippen LogP contribution in [-0.2, 0) is 142 Å². The van der Waals surface area contributed by atoms with Crippen LogP contribution in [0.5, 0.6) is 0 Å². The molecule has 8 amide bonds. The van der Waals surface area contributed by atoms with Crippen molar-refractivity contribution in [3.05, 3.63) is 283 Å². The molecule has 9 N–H and O–H groups in total. The molecule has 17 fully saturated rings. The van der Waals surface area contributed by atoms with Crippen LogP contribution in [0.15, 0.2) is 220 Å². The van der Waals surface area contributed by atoms with E-state index in [4.69, 9.17) is 91.5 Å².